The molecule has 0 saturated carbocycles. The maximum absolute atomic E-state index is 13.0. The molecule has 26 heavy (non-hydrogen) atoms. The maximum atomic E-state index is 13.0. The number of likely N-dealkylation sites (tertiary alicyclic amines) is 1. The van der Waals surface area contributed by atoms with Crippen LogP contribution >= 0.6 is 15.9 Å². The maximum Gasteiger partial charge on any atom is 0.230 e. The molecule has 0 bridgehead atoms. The number of fused-ring (bicyclic) bond motifs is 1. The van der Waals surface area contributed by atoms with Crippen LogP contribution in [0.5, 0.6) is 5.75 Å². The van der Waals surface area contributed by atoms with Crippen LogP contribution < -0.4 is 4.74 Å². The van der Waals surface area contributed by atoms with Gasteiger partial charge >= 0.3 is 0 Å². The van der Waals surface area contributed by atoms with Crippen LogP contribution in [0.4, 0.5) is 4.39 Å². The van der Waals surface area contributed by atoms with E-state index in [9.17, 15) is 9.18 Å². The van der Waals surface area contributed by atoms with Crippen LogP contribution in [-0.2, 0) is 11.2 Å². The first-order chi connectivity index (χ1) is 12.6. The van der Waals surface area contributed by atoms with Crippen LogP contribution in [0, 0.1) is 5.82 Å². The Morgan fingerprint density at radius 3 is 2.54 bits per heavy atom. The van der Waals surface area contributed by atoms with Gasteiger partial charge in [0.15, 0.2) is 0 Å². The molecule has 136 valence electrons. The number of halogens is 2. The van der Waals surface area contributed by atoms with Crippen LogP contribution in [-0.4, -0.2) is 30.0 Å². The average molecular weight is 418 g/mol. The molecule has 1 atom stereocenters. The molecule has 4 rings (SSSR count). The Morgan fingerprint density at radius 1 is 1.08 bits per heavy atom. The highest BCUT2D eigenvalue weighted by Gasteiger charge is 2.34. The van der Waals surface area contributed by atoms with Crippen molar-refractivity contribution in [1.82, 2.24) is 4.90 Å². The van der Waals surface area contributed by atoms with Crippen molar-refractivity contribution in [2.45, 2.75) is 37.7 Å². The zero-order valence-electron chi connectivity index (χ0n) is 14.5. The lowest BCUT2D eigenvalue weighted by Gasteiger charge is -2.34. The number of rotatable bonds is 3. The van der Waals surface area contributed by atoms with Gasteiger partial charge < -0.3 is 9.64 Å². The number of carbonyl (C=O) groups is 1. The SMILES string of the molecule is O=C(C1CCc2c(Br)cccc21)N1CCC(Oc2ccc(F)cc2)CC1. The van der Waals surface area contributed by atoms with Gasteiger partial charge in [-0.2, -0.15) is 0 Å². The van der Waals surface area contributed by atoms with Crippen LogP contribution in [0.2, 0.25) is 0 Å². The molecule has 1 aliphatic heterocycles. The molecule has 1 heterocycles. The van der Waals surface area contributed by atoms with E-state index in [1.165, 1.54) is 23.3 Å². The van der Waals surface area contributed by atoms with E-state index in [0.29, 0.717) is 18.8 Å². The van der Waals surface area contributed by atoms with Crippen molar-refractivity contribution < 1.29 is 13.9 Å². The lowest BCUT2D eigenvalue weighted by Crippen LogP contribution is -2.43. The fourth-order valence-electron chi connectivity index (χ4n) is 3.99. The minimum absolute atomic E-state index is 0.0166. The summed E-state index contributed by atoms with van der Waals surface area (Å²) < 4.78 is 20.0. The minimum Gasteiger partial charge on any atom is -0.490 e. The van der Waals surface area contributed by atoms with Gasteiger partial charge in [0.25, 0.3) is 0 Å². The molecule has 0 radical (unpaired) electrons. The molecular formula is C21H21BrFNO2. The van der Waals surface area contributed by atoms with Gasteiger partial charge in [-0.15, -0.1) is 0 Å². The zero-order chi connectivity index (χ0) is 18.1. The van der Waals surface area contributed by atoms with Crippen LogP contribution in [0.1, 0.15) is 36.3 Å². The van der Waals surface area contributed by atoms with Gasteiger partial charge in [-0.25, -0.2) is 4.39 Å². The Balaban J connectivity index is 1.36. The van der Waals surface area contributed by atoms with Gasteiger partial charge in [0.05, 0.1) is 5.92 Å². The Morgan fingerprint density at radius 2 is 1.81 bits per heavy atom. The molecule has 1 aliphatic carbocycles. The van der Waals surface area contributed by atoms with E-state index in [2.05, 4.69) is 22.0 Å². The Labute approximate surface area is 161 Å². The first kappa shape index (κ1) is 17.5. The monoisotopic (exact) mass is 417 g/mol. The summed E-state index contributed by atoms with van der Waals surface area (Å²) in [6, 6.07) is 12.3. The van der Waals surface area contributed by atoms with Gasteiger partial charge in [0.2, 0.25) is 5.91 Å². The molecule has 2 aliphatic rings. The molecule has 1 amide bonds. The van der Waals surface area contributed by atoms with Gasteiger partial charge in [0.1, 0.15) is 17.7 Å². The number of piperidine rings is 1. The quantitative estimate of drug-likeness (QED) is 0.724. The molecule has 2 aromatic carbocycles. The number of hydrogen-bond acceptors (Lipinski definition) is 2. The summed E-state index contributed by atoms with van der Waals surface area (Å²) in [6.45, 7) is 1.43. The highest BCUT2D eigenvalue weighted by Crippen LogP contribution is 2.38. The summed E-state index contributed by atoms with van der Waals surface area (Å²) in [5, 5.41) is 0. The van der Waals surface area contributed by atoms with E-state index >= 15 is 0 Å². The fraction of sp³-hybridized carbons (Fsp3) is 0.381. The van der Waals surface area contributed by atoms with Crippen molar-refractivity contribution in [2.75, 3.05) is 13.1 Å². The molecule has 3 nitrogen and oxygen atoms in total. The minimum atomic E-state index is -0.263. The van der Waals surface area contributed by atoms with Crippen molar-refractivity contribution >= 4 is 21.8 Å². The molecule has 0 N–H and O–H groups in total. The second-order valence-corrected chi connectivity index (χ2v) is 7.85. The largest absolute Gasteiger partial charge is 0.490 e. The van der Waals surface area contributed by atoms with E-state index < -0.39 is 0 Å². The summed E-state index contributed by atoms with van der Waals surface area (Å²) in [6.07, 6.45) is 3.54. The highest BCUT2D eigenvalue weighted by molar-refractivity contribution is 9.10. The number of hydrogen-bond donors (Lipinski definition) is 0. The Kier molecular flexibility index (Phi) is 4.98. The highest BCUT2D eigenvalue weighted by atomic mass is 79.9. The standard InChI is InChI=1S/C21H21BrFNO2/c22-20-3-1-2-17-18(20)8-9-19(17)21(25)24-12-10-16(11-13-24)26-15-6-4-14(23)5-7-15/h1-7,16,19H,8-13H2. The average Bonchev–Trinajstić information content (AvgIpc) is 3.09. The third-order valence-corrected chi connectivity index (χ3v) is 6.12. The van der Waals surface area contributed by atoms with Crippen molar-refractivity contribution in [1.29, 1.82) is 0 Å². The topological polar surface area (TPSA) is 29.5 Å². The van der Waals surface area contributed by atoms with Gasteiger partial charge in [-0.05, 0) is 54.3 Å². The second-order valence-electron chi connectivity index (χ2n) is 7.00. The second kappa shape index (κ2) is 7.39. The molecule has 1 fully saturated rings. The third-order valence-electron chi connectivity index (χ3n) is 5.38. The number of benzene rings is 2. The number of ether oxygens (including phenoxy) is 1. The molecule has 2 aromatic rings. The van der Waals surface area contributed by atoms with E-state index in [1.54, 1.807) is 12.1 Å². The van der Waals surface area contributed by atoms with Crippen molar-refractivity contribution in [3.05, 3.63) is 63.9 Å². The molecular weight excluding hydrogens is 397 g/mol. The first-order valence-electron chi connectivity index (χ1n) is 9.10. The number of carbonyl (C=O) groups excluding carboxylic acids is 1. The zero-order valence-corrected chi connectivity index (χ0v) is 16.0. The number of nitrogens with zero attached hydrogens (tertiary/aromatic N) is 1. The lowest BCUT2D eigenvalue weighted by atomic mass is 9.98. The van der Waals surface area contributed by atoms with E-state index in [4.69, 9.17) is 4.74 Å². The molecule has 0 spiro atoms. The van der Waals surface area contributed by atoms with E-state index in [0.717, 1.165) is 30.2 Å². The predicted octanol–water partition coefficient (Wildman–Crippen LogP) is 4.69. The van der Waals surface area contributed by atoms with Crippen molar-refractivity contribution in [3.8, 4) is 5.75 Å². The van der Waals surface area contributed by atoms with Crippen LogP contribution in [0.25, 0.3) is 0 Å². The molecule has 0 aromatic heterocycles. The lowest BCUT2D eigenvalue weighted by molar-refractivity contribution is -0.134. The van der Waals surface area contributed by atoms with Gasteiger partial charge in [-0.3, -0.25) is 4.79 Å². The van der Waals surface area contributed by atoms with Crippen molar-refractivity contribution in [2.24, 2.45) is 0 Å². The Bertz CT molecular complexity index is 800. The van der Waals surface area contributed by atoms with Gasteiger partial charge in [-0.1, -0.05) is 28.1 Å². The summed E-state index contributed by atoms with van der Waals surface area (Å²) in [5.41, 5.74) is 2.45. The smallest absolute Gasteiger partial charge is 0.230 e. The predicted molar refractivity (Wildman–Crippen MR) is 102 cm³/mol. The van der Waals surface area contributed by atoms with Crippen molar-refractivity contribution in [3.63, 3.8) is 0 Å². The fourth-order valence-corrected chi connectivity index (χ4v) is 4.57. The van der Waals surface area contributed by atoms with E-state index in [-0.39, 0.29) is 23.7 Å². The van der Waals surface area contributed by atoms with Gasteiger partial charge in [0, 0.05) is 30.4 Å². The van der Waals surface area contributed by atoms with Crippen LogP contribution in [0.15, 0.2) is 46.9 Å². The molecule has 1 unspecified atom stereocenters. The summed E-state index contributed by atoms with van der Waals surface area (Å²) >= 11 is 3.60. The van der Waals surface area contributed by atoms with Crippen LogP contribution in [0.3, 0.4) is 0 Å². The Hall–Kier alpha value is -1.88. The third kappa shape index (κ3) is 3.50. The normalized spacial score (nSPS) is 20.1. The van der Waals surface area contributed by atoms with E-state index in [1.807, 2.05) is 17.0 Å². The first-order valence-corrected chi connectivity index (χ1v) is 9.89. The molecule has 1 saturated heterocycles. The summed E-state index contributed by atoms with van der Waals surface area (Å²) in [5.74, 6) is 0.645. The summed E-state index contributed by atoms with van der Waals surface area (Å²) in [7, 11) is 0. The molecule has 5 heteroatoms. The summed E-state index contributed by atoms with van der Waals surface area (Å²) in [4.78, 5) is 15.0. The number of amides is 1.